The molecule has 7 nitrogen and oxygen atoms in total. The van der Waals surface area contributed by atoms with Gasteiger partial charge in [0.25, 0.3) is 17.7 Å². The molecule has 1 atom stereocenters. The van der Waals surface area contributed by atoms with Crippen LogP contribution in [0.1, 0.15) is 66.6 Å². The van der Waals surface area contributed by atoms with Crippen LogP contribution in [0, 0.1) is 0 Å². The molecule has 1 aliphatic heterocycles. The van der Waals surface area contributed by atoms with Gasteiger partial charge >= 0.3 is 5.97 Å². The number of ether oxygens (including phenoxy) is 1. The first-order valence-electron chi connectivity index (χ1n) is 11.6. The predicted molar refractivity (Wildman–Crippen MR) is 128 cm³/mol. The molecule has 5 rings (SSSR count). The Balaban J connectivity index is 1.21. The van der Waals surface area contributed by atoms with Crippen molar-refractivity contribution in [3.63, 3.8) is 0 Å². The number of hydrogen-bond acceptors (Lipinski definition) is 5. The highest BCUT2D eigenvalue weighted by Gasteiger charge is 2.36. The van der Waals surface area contributed by atoms with Crippen LogP contribution in [0.5, 0.6) is 0 Å². The lowest BCUT2D eigenvalue weighted by Crippen LogP contribution is -2.34. The smallest absolute Gasteiger partial charge is 0.338 e. The summed E-state index contributed by atoms with van der Waals surface area (Å²) in [5.74, 6) is -1.98. The second kappa shape index (κ2) is 9.54. The van der Waals surface area contributed by atoms with Crippen molar-refractivity contribution in [3.8, 4) is 0 Å². The lowest BCUT2D eigenvalue weighted by molar-refractivity contribution is -0.125. The maximum Gasteiger partial charge on any atom is 0.338 e. The Morgan fingerprint density at radius 3 is 2.49 bits per heavy atom. The van der Waals surface area contributed by atoms with Crippen LogP contribution in [0.3, 0.4) is 0 Å². The zero-order chi connectivity index (χ0) is 24.4. The van der Waals surface area contributed by atoms with Crippen molar-refractivity contribution in [2.45, 2.75) is 31.8 Å². The van der Waals surface area contributed by atoms with E-state index >= 15 is 0 Å². The summed E-state index contributed by atoms with van der Waals surface area (Å²) in [6.07, 6.45) is 2.79. The topological polar surface area (TPSA) is 92.8 Å². The number of rotatable bonds is 6. The minimum Gasteiger partial charge on any atom is -0.452 e. The number of fused-ring (bicyclic) bond motifs is 2. The fourth-order valence-electron chi connectivity index (χ4n) is 4.68. The maximum atomic E-state index is 12.9. The van der Waals surface area contributed by atoms with Gasteiger partial charge in [-0.3, -0.25) is 19.3 Å². The van der Waals surface area contributed by atoms with Crippen LogP contribution in [0.15, 0.2) is 72.8 Å². The molecule has 35 heavy (non-hydrogen) atoms. The quantitative estimate of drug-likeness (QED) is 0.438. The summed E-state index contributed by atoms with van der Waals surface area (Å²) in [7, 11) is 0. The molecule has 0 saturated carbocycles. The first kappa shape index (κ1) is 22.5. The Morgan fingerprint density at radius 1 is 0.914 bits per heavy atom. The highest BCUT2D eigenvalue weighted by atomic mass is 16.5. The van der Waals surface area contributed by atoms with Gasteiger partial charge in [0.2, 0.25) is 0 Å². The average molecular weight is 469 g/mol. The first-order chi connectivity index (χ1) is 17.0. The highest BCUT2D eigenvalue weighted by Crippen LogP contribution is 2.29. The molecular formula is C28H24N2O5. The fraction of sp³-hybridized carbons (Fsp3) is 0.214. The summed E-state index contributed by atoms with van der Waals surface area (Å²) in [5.41, 5.74) is 3.66. The lowest BCUT2D eigenvalue weighted by atomic mass is 9.88. The number of nitrogens with one attached hydrogen (secondary N) is 1. The van der Waals surface area contributed by atoms with Crippen molar-refractivity contribution in [1.29, 1.82) is 0 Å². The van der Waals surface area contributed by atoms with Gasteiger partial charge < -0.3 is 10.1 Å². The van der Waals surface area contributed by atoms with Gasteiger partial charge in [0, 0.05) is 0 Å². The molecule has 7 heteroatoms. The number of esters is 1. The Labute approximate surface area is 202 Å². The van der Waals surface area contributed by atoms with Crippen molar-refractivity contribution >= 4 is 23.7 Å². The number of carbonyl (C=O) groups excluding carboxylic acids is 4. The number of carbonyl (C=O) groups is 4. The summed E-state index contributed by atoms with van der Waals surface area (Å²) in [6, 6.07) is 21.4. The molecule has 1 aliphatic carbocycles. The average Bonchev–Trinajstić information content (AvgIpc) is 3.12. The molecular weight excluding hydrogens is 444 g/mol. The number of hydrogen-bond donors (Lipinski definition) is 1. The van der Waals surface area contributed by atoms with Gasteiger partial charge in [-0.25, -0.2) is 4.79 Å². The van der Waals surface area contributed by atoms with E-state index in [1.54, 1.807) is 0 Å². The zero-order valence-electron chi connectivity index (χ0n) is 19.0. The van der Waals surface area contributed by atoms with Crippen molar-refractivity contribution in [3.05, 3.63) is 106 Å². The summed E-state index contributed by atoms with van der Waals surface area (Å²) < 4.78 is 5.20. The third-order valence-corrected chi connectivity index (χ3v) is 6.43. The third kappa shape index (κ3) is 4.57. The molecule has 3 aromatic rings. The fourth-order valence-corrected chi connectivity index (χ4v) is 4.68. The number of benzene rings is 3. The minimum atomic E-state index is -0.728. The second-order valence-corrected chi connectivity index (χ2v) is 8.73. The van der Waals surface area contributed by atoms with Crippen LogP contribution in [0.25, 0.3) is 0 Å². The monoisotopic (exact) mass is 468 g/mol. The molecule has 0 bridgehead atoms. The summed E-state index contributed by atoms with van der Waals surface area (Å²) in [6.45, 7) is -0.279. The number of nitrogens with zero attached hydrogens (tertiary/aromatic N) is 1. The SMILES string of the molecule is O=C(COC(=O)c1ccc2c(c1)C(=O)N(Cc1ccccc1)C2=O)N[C@@H]1CCCc2ccccc21. The van der Waals surface area contributed by atoms with E-state index in [-0.39, 0.29) is 35.2 Å². The Morgan fingerprint density at radius 2 is 1.66 bits per heavy atom. The molecule has 1 N–H and O–H groups in total. The van der Waals surface area contributed by atoms with E-state index in [1.807, 2.05) is 48.5 Å². The Kier molecular flexibility index (Phi) is 6.14. The van der Waals surface area contributed by atoms with Crippen molar-refractivity contribution in [2.24, 2.45) is 0 Å². The zero-order valence-corrected chi connectivity index (χ0v) is 19.0. The van der Waals surface area contributed by atoms with Crippen molar-refractivity contribution < 1.29 is 23.9 Å². The van der Waals surface area contributed by atoms with Gasteiger partial charge in [-0.2, -0.15) is 0 Å². The van der Waals surface area contributed by atoms with Crippen LogP contribution in [0.2, 0.25) is 0 Å². The van der Waals surface area contributed by atoms with E-state index in [1.165, 1.54) is 23.8 Å². The van der Waals surface area contributed by atoms with Gasteiger partial charge in [0.1, 0.15) is 0 Å². The van der Waals surface area contributed by atoms with Crippen LogP contribution in [-0.4, -0.2) is 35.2 Å². The first-order valence-corrected chi connectivity index (χ1v) is 11.6. The molecule has 176 valence electrons. The summed E-state index contributed by atoms with van der Waals surface area (Å²) >= 11 is 0. The van der Waals surface area contributed by atoms with Gasteiger partial charge in [-0.05, 0) is 54.2 Å². The van der Waals surface area contributed by atoms with Crippen LogP contribution >= 0.6 is 0 Å². The summed E-state index contributed by atoms with van der Waals surface area (Å²) in [4.78, 5) is 51.8. The molecule has 0 aromatic heterocycles. The van der Waals surface area contributed by atoms with E-state index in [0.29, 0.717) is 0 Å². The number of imide groups is 1. The molecule has 3 aromatic carbocycles. The van der Waals surface area contributed by atoms with E-state index in [4.69, 9.17) is 4.74 Å². The molecule has 1 heterocycles. The third-order valence-electron chi connectivity index (χ3n) is 6.43. The molecule has 0 saturated heterocycles. The Bertz CT molecular complexity index is 1320. The predicted octanol–water partition coefficient (Wildman–Crippen LogP) is 3.83. The molecule has 3 amide bonds. The summed E-state index contributed by atoms with van der Waals surface area (Å²) in [5, 5.41) is 2.94. The van der Waals surface area contributed by atoms with Gasteiger partial charge in [-0.15, -0.1) is 0 Å². The number of aryl methyl sites for hydroxylation is 1. The molecule has 2 aliphatic rings. The van der Waals surface area contributed by atoms with Gasteiger partial charge in [0.15, 0.2) is 6.61 Å². The van der Waals surface area contributed by atoms with E-state index in [9.17, 15) is 19.2 Å². The van der Waals surface area contributed by atoms with Gasteiger partial charge in [-0.1, -0.05) is 54.6 Å². The highest BCUT2D eigenvalue weighted by molar-refractivity contribution is 6.21. The lowest BCUT2D eigenvalue weighted by Gasteiger charge is -2.26. The standard InChI is InChI=1S/C28H24N2O5/c31-25(29-24-12-6-10-19-9-4-5-11-21(19)24)17-35-28(34)20-13-14-22-23(15-20)27(33)30(26(22)32)16-18-7-2-1-3-8-18/h1-5,7-9,11,13-15,24H,6,10,12,16-17H2,(H,29,31)/t24-/m1/s1. The van der Waals surface area contributed by atoms with E-state index < -0.39 is 24.4 Å². The molecule has 0 fully saturated rings. The maximum absolute atomic E-state index is 12.9. The second-order valence-electron chi connectivity index (χ2n) is 8.73. The van der Waals surface area contributed by atoms with Crippen LogP contribution in [0.4, 0.5) is 0 Å². The van der Waals surface area contributed by atoms with E-state index in [0.717, 1.165) is 35.3 Å². The molecule has 0 spiro atoms. The van der Waals surface area contributed by atoms with Crippen LogP contribution < -0.4 is 5.32 Å². The molecule has 0 unspecified atom stereocenters. The minimum absolute atomic E-state index is 0.106. The largest absolute Gasteiger partial charge is 0.452 e. The van der Waals surface area contributed by atoms with Crippen LogP contribution in [-0.2, 0) is 22.5 Å². The van der Waals surface area contributed by atoms with Gasteiger partial charge in [0.05, 0.1) is 29.3 Å². The van der Waals surface area contributed by atoms with Crippen molar-refractivity contribution in [1.82, 2.24) is 10.2 Å². The van der Waals surface area contributed by atoms with Crippen molar-refractivity contribution in [2.75, 3.05) is 6.61 Å². The number of amides is 3. The molecule has 0 radical (unpaired) electrons. The Hall–Kier alpha value is -4.26. The normalized spacial score (nSPS) is 16.5. The van der Waals surface area contributed by atoms with E-state index in [2.05, 4.69) is 11.4 Å².